The molecular weight excluding hydrogens is 416 g/mol. The van der Waals surface area contributed by atoms with Gasteiger partial charge in [-0.05, 0) is 43.7 Å². The van der Waals surface area contributed by atoms with Crippen molar-refractivity contribution >= 4 is 23.3 Å². The number of guanidine groups is 1. The Morgan fingerprint density at radius 1 is 1.03 bits per heavy atom. The monoisotopic (exact) mass is 442 g/mol. The van der Waals surface area contributed by atoms with E-state index in [1.54, 1.807) is 13.0 Å². The number of phenols is 2. The van der Waals surface area contributed by atoms with Gasteiger partial charge in [0.2, 0.25) is 11.9 Å². The van der Waals surface area contributed by atoms with E-state index in [-0.39, 0.29) is 17.4 Å². The maximum Gasteiger partial charge on any atom is 0.235 e. The van der Waals surface area contributed by atoms with E-state index in [2.05, 4.69) is 20.6 Å². The van der Waals surface area contributed by atoms with Crippen molar-refractivity contribution in [2.24, 2.45) is 15.9 Å². The van der Waals surface area contributed by atoms with Crippen LogP contribution in [0.3, 0.4) is 0 Å². The lowest BCUT2D eigenvalue weighted by molar-refractivity contribution is -0.118. The third-order valence-electron chi connectivity index (χ3n) is 5.56. The fourth-order valence-corrected chi connectivity index (χ4v) is 3.81. The Balaban J connectivity index is 1.67. The van der Waals surface area contributed by atoms with E-state index in [9.17, 15) is 15.0 Å². The van der Waals surface area contributed by atoms with E-state index in [0.29, 0.717) is 29.5 Å². The predicted molar refractivity (Wildman–Crippen MR) is 130 cm³/mol. The van der Waals surface area contributed by atoms with Crippen molar-refractivity contribution in [3.8, 4) is 11.5 Å². The van der Waals surface area contributed by atoms with Crippen LogP contribution in [0.5, 0.6) is 11.5 Å². The highest BCUT2D eigenvalue weighted by atomic mass is 16.3. The third kappa shape index (κ3) is 5.20. The summed E-state index contributed by atoms with van der Waals surface area (Å²) in [5, 5.41) is 26.4. The number of hydrogen-bond acceptors (Lipinski definition) is 4. The first kappa shape index (κ1) is 22.1. The molecule has 7 nitrogen and oxygen atoms in total. The second kappa shape index (κ2) is 9.56. The molecule has 2 atom stereocenters. The highest BCUT2D eigenvalue weighted by molar-refractivity contribution is 6.13. The van der Waals surface area contributed by atoms with Gasteiger partial charge in [0, 0.05) is 23.0 Å². The van der Waals surface area contributed by atoms with Crippen molar-refractivity contribution in [3.05, 3.63) is 89.5 Å². The van der Waals surface area contributed by atoms with E-state index in [0.717, 1.165) is 11.1 Å². The van der Waals surface area contributed by atoms with Crippen molar-refractivity contribution in [2.45, 2.75) is 26.4 Å². The molecule has 4 rings (SSSR count). The van der Waals surface area contributed by atoms with E-state index >= 15 is 0 Å². The molecule has 1 amide bonds. The molecule has 2 unspecified atom stereocenters. The van der Waals surface area contributed by atoms with Crippen LogP contribution >= 0.6 is 0 Å². The number of aliphatic imine (C=N–C) groups is 2. The lowest BCUT2D eigenvalue weighted by Gasteiger charge is -2.32. The summed E-state index contributed by atoms with van der Waals surface area (Å²) in [5.74, 6) is -0.744. The summed E-state index contributed by atoms with van der Waals surface area (Å²) in [4.78, 5) is 22.4. The SMILES string of the molecule is CC1=NC(=NCc2ccccc2)NC(c2ccc(O)cc2O)C1C(=O)Nc1ccc(C)cc1. The van der Waals surface area contributed by atoms with E-state index < -0.39 is 12.0 Å². The average Bonchev–Trinajstić information content (AvgIpc) is 2.79. The number of phenolic OH excluding ortho intramolecular Hbond substituents is 2. The van der Waals surface area contributed by atoms with Gasteiger partial charge in [0.05, 0.1) is 12.6 Å². The number of carbonyl (C=O) groups is 1. The Morgan fingerprint density at radius 2 is 1.76 bits per heavy atom. The molecule has 1 aliphatic rings. The highest BCUT2D eigenvalue weighted by Crippen LogP contribution is 2.35. The van der Waals surface area contributed by atoms with Crippen molar-refractivity contribution < 1.29 is 15.0 Å². The lowest BCUT2D eigenvalue weighted by Crippen LogP contribution is -2.46. The van der Waals surface area contributed by atoms with Crippen LogP contribution in [0, 0.1) is 12.8 Å². The van der Waals surface area contributed by atoms with Gasteiger partial charge in [-0.1, -0.05) is 48.0 Å². The van der Waals surface area contributed by atoms with Crippen LogP contribution in [0.25, 0.3) is 0 Å². The molecule has 0 bridgehead atoms. The van der Waals surface area contributed by atoms with Crippen LogP contribution in [0.2, 0.25) is 0 Å². The first-order valence-electron chi connectivity index (χ1n) is 10.7. The zero-order valence-electron chi connectivity index (χ0n) is 18.5. The van der Waals surface area contributed by atoms with Gasteiger partial charge in [-0.3, -0.25) is 4.79 Å². The molecule has 33 heavy (non-hydrogen) atoms. The minimum atomic E-state index is -0.697. The first-order valence-corrected chi connectivity index (χ1v) is 10.7. The molecule has 168 valence electrons. The molecule has 3 aromatic rings. The standard InChI is InChI=1S/C26H26N4O3/c1-16-8-10-19(11-9-16)29-25(33)23-17(2)28-26(27-15-18-6-4-3-5-7-18)30-24(23)21-13-12-20(31)14-22(21)32/h3-14,23-24,31-32H,15H2,1-2H3,(H,27,30)(H,29,33). The molecule has 0 spiro atoms. The molecule has 0 saturated heterocycles. The van der Waals surface area contributed by atoms with Crippen molar-refractivity contribution in [2.75, 3.05) is 5.32 Å². The molecule has 7 heteroatoms. The number of aryl methyl sites for hydroxylation is 1. The Hall–Kier alpha value is -4.13. The molecule has 1 aliphatic heterocycles. The number of carbonyl (C=O) groups excluding carboxylic acids is 1. The molecule has 0 saturated carbocycles. The molecule has 0 aromatic heterocycles. The van der Waals surface area contributed by atoms with Gasteiger partial charge in [0.15, 0.2) is 0 Å². The van der Waals surface area contributed by atoms with E-state index in [4.69, 9.17) is 0 Å². The number of hydrogen-bond donors (Lipinski definition) is 4. The van der Waals surface area contributed by atoms with Crippen molar-refractivity contribution in [1.29, 1.82) is 0 Å². The van der Waals surface area contributed by atoms with Crippen LogP contribution in [0.4, 0.5) is 5.69 Å². The van der Waals surface area contributed by atoms with Gasteiger partial charge in [-0.2, -0.15) is 0 Å². The van der Waals surface area contributed by atoms with Crippen LogP contribution in [0.1, 0.15) is 29.7 Å². The van der Waals surface area contributed by atoms with Crippen LogP contribution < -0.4 is 10.6 Å². The summed E-state index contributed by atoms with van der Waals surface area (Å²) in [5.41, 5.74) is 3.84. The summed E-state index contributed by atoms with van der Waals surface area (Å²) < 4.78 is 0. The quantitative estimate of drug-likeness (QED) is 0.472. The minimum absolute atomic E-state index is 0.0592. The van der Waals surface area contributed by atoms with Crippen LogP contribution in [0.15, 0.2) is 82.8 Å². The summed E-state index contributed by atoms with van der Waals surface area (Å²) in [6.07, 6.45) is 0. The number of nitrogens with one attached hydrogen (secondary N) is 2. The van der Waals surface area contributed by atoms with Crippen molar-refractivity contribution in [3.63, 3.8) is 0 Å². The van der Waals surface area contributed by atoms with Gasteiger partial charge >= 0.3 is 0 Å². The fraction of sp³-hybridized carbons (Fsp3) is 0.192. The molecule has 0 aliphatic carbocycles. The Kier molecular flexibility index (Phi) is 6.40. The maximum absolute atomic E-state index is 13.3. The Labute approximate surface area is 192 Å². The summed E-state index contributed by atoms with van der Waals surface area (Å²) in [7, 11) is 0. The van der Waals surface area contributed by atoms with Gasteiger partial charge in [0.25, 0.3) is 0 Å². The normalized spacial score (nSPS) is 19.0. The van der Waals surface area contributed by atoms with E-state index in [1.165, 1.54) is 12.1 Å². The molecule has 0 radical (unpaired) electrons. The number of amides is 1. The number of benzene rings is 3. The summed E-state index contributed by atoms with van der Waals surface area (Å²) >= 11 is 0. The largest absolute Gasteiger partial charge is 0.508 e. The predicted octanol–water partition coefficient (Wildman–Crippen LogP) is 4.32. The smallest absolute Gasteiger partial charge is 0.235 e. The van der Waals surface area contributed by atoms with Gasteiger partial charge in [0.1, 0.15) is 17.4 Å². The molecular formula is C26H26N4O3. The zero-order valence-corrected chi connectivity index (χ0v) is 18.5. The minimum Gasteiger partial charge on any atom is -0.508 e. The number of aromatic hydroxyl groups is 2. The second-order valence-electron chi connectivity index (χ2n) is 8.08. The molecule has 0 fully saturated rings. The maximum atomic E-state index is 13.3. The van der Waals surface area contributed by atoms with Crippen molar-refractivity contribution in [1.82, 2.24) is 5.32 Å². The van der Waals surface area contributed by atoms with Crippen LogP contribution in [-0.2, 0) is 11.3 Å². The van der Waals surface area contributed by atoms with Gasteiger partial charge in [-0.15, -0.1) is 0 Å². The summed E-state index contributed by atoms with van der Waals surface area (Å²) in [6.45, 7) is 4.19. The summed E-state index contributed by atoms with van der Waals surface area (Å²) in [6, 6.07) is 21.0. The molecule has 3 aromatic carbocycles. The third-order valence-corrected chi connectivity index (χ3v) is 5.56. The Morgan fingerprint density at radius 3 is 2.45 bits per heavy atom. The highest BCUT2D eigenvalue weighted by Gasteiger charge is 2.37. The Bertz CT molecular complexity index is 1200. The first-order chi connectivity index (χ1) is 15.9. The lowest BCUT2D eigenvalue weighted by atomic mass is 9.87. The number of rotatable bonds is 5. The number of anilines is 1. The average molecular weight is 443 g/mol. The topological polar surface area (TPSA) is 106 Å². The van der Waals surface area contributed by atoms with E-state index in [1.807, 2.05) is 61.5 Å². The van der Waals surface area contributed by atoms with Crippen LogP contribution in [-0.4, -0.2) is 27.8 Å². The molecule has 1 heterocycles. The van der Waals surface area contributed by atoms with Gasteiger partial charge in [-0.25, -0.2) is 9.98 Å². The number of nitrogens with zero attached hydrogens (tertiary/aromatic N) is 2. The fourth-order valence-electron chi connectivity index (χ4n) is 3.81. The molecule has 4 N–H and O–H groups in total. The zero-order chi connectivity index (χ0) is 23.4. The van der Waals surface area contributed by atoms with Gasteiger partial charge < -0.3 is 20.8 Å². The second-order valence-corrected chi connectivity index (χ2v) is 8.08.